The molecule has 0 bridgehead atoms. The summed E-state index contributed by atoms with van der Waals surface area (Å²) >= 11 is 0. The number of nitrogens with zero attached hydrogens (tertiary/aromatic N) is 1. The van der Waals surface area contributed by atoms with E-state index in [1.165, 1.54) is 44.0 Å². The third kappa shape index (κ3) is 5.01. The summed E-state index contributed by atoms with van der Waals surface area (Å²) in [4.78, 5) is 12.5. The van der Waals surface area contributed by atoms with Crippen LogP contribution >= 0.6 is 0 Å². The fourth-order valence-electron chi connectivity index (χ4n) is 9.52. The van der Waals surface area contributed by atoms with Crippen molar-refractivity contribution in [3.8, 4) is 0 Å². The van der Waals surface area contributed by atoms with Crippen LogP contribution in [-0.4, -0.2) is 34.5 Å². The molecular formula is C31H45FN2O3. The number of carbonyl (C=O) groups is 1. The highest BCUT2D eigenvalue weighted by Gasteiger charge is 2.62. The Kier molecular flexibility index (Phi) is 7.54. The van der Waals surface area contributed by atoms with Crippen LogP contribution in [-0.2, 0) is 4.79 Å². The molecule has 1 amide bonds. The standard InChI is InChI=1S/C31H45FN2O3/c1-19(4-11-28(37)34-33-18-20-5-7-22(32)8-6-20)24-9-10-25-29-26(13-15-31(24,25)3)30(2)14-12-23(35)16-21(30)17-27(29)36/h5-8,18-19,21,23-27,29,35-36H,4,9-17H2,1-3H3,(H,34,37)/b33-18+. The fraction of sp³-hybridized carbons (Fsp3) is 0.742. The van der Waals surface area contributed by atoms with Crippen LogP contribution in [0.15, 0.2) is 29.4 Å². The molecule has 5 rings (SSSR count). The van der Waals surface area contributed by atoms with E-state index in [1.54, 1.807) is 12.1 Å². The van der Waals surface area contributed by atoms with Crippen LogP contribution in [0, 0.1) is 52.2 Å². The first kappa shape index (κ1) is 26.8. The molecule has 37 heavy (non-hydrogen) atoms. The predicted octanol–water partition coefficient (Wildman–Crippen LogP) is 5.68. The molecule has 4 fully saturated rings. The molecule has 5 nitrogen and oxygen atoms in total. The van der Waals surface area contributed by atoms with Gasteiger partial charge >= 0.3 is 0 Å². The van der Waals surface area contributed by atoms with Gasteiger partial charge in [-0.15, -0.1) is 0 Å². The SMILES string of the molecule is CC(CCC(=O)N/N=C/c1ccc(F)cc1)C1CCC2C3C(O)CC4CC(O)CCC4(C)C3CCC12C. The molecule has 6 heteroatoms. The largest absolute Gasteiger partial charge is 0.393 e. The summed E-state index contributed by atoms with van der Waals surface area (Å²) in [7, 11) is 0. The first-order chi connectivity index (χ1) is 17.6. The van der Waals surface area contributed by atoms with Gasteiger partial charge in [0.1, 0.15) is 5.82 Å². The zero-order valence-corrected chi connectivity index (χ0v) is 22.7. The van der Waals surface area contributed by atoms with E-state index in [-0.39, 0.29) is 34.8 Å². The summed E-state index contributed by atoms with van der Waals surface area (Å²) in [6.07, 6.45) is 10.8. The van der Waals surface area contributed by atoms with Crippen LogP contribution < -0.4 is 5.43 Å². The van der Waals surface area contributed by atoms with E-state index in [4.69, 9.17) is 0 Å². The highest BCUT2D eigenvalue weighted by molar-refractivity contribution is 5.82. The minimum atomic E-state index is -0.295. The number of hydrogen-bond acceptors (Lipinski definition) is 4. The summed E-state index contributed by atoms with van der Waals surface area (Å²) in [6.45, 7) is 7.24. The van der Waals surface area contributed by atoms with Crippen molar-refractivity contribution in [2.75, 3.05) is 0 Å². The van der Waals surface area contributed by atoms with Crippen molar-refractivity contribution in [1.29, 1.82) is 0 Å². The second-order valence-corrected chi connectivity index (χ2v) is 13.3. The van der Waals surface area contributed by atoms with Crippen molar-refractivity contribution in [2.24, 2.45) is 51.4 Å². The van der Waals surface area contributed by atoms with E-state index in [0.717, 1.165) is 37.7 Å². The Morgan fingerprint density at radius 1 is 1.08 bits per heavy atom. The highest BCUT2D eigenvalue weighted by atomic mass is 19.1. The van der Waals surface area contributed by atoms with Gasteiger partial charge in [-0.25, -0.2) is 9.82 Å². The molecule has 0 radical (unpaired) electrons. The molecule has 4 aliphatic carbocycles. The Labute approximate surface area is 221 Å². The van der Waals surface area contributed by atoms with Gasteiger partial charge in [0.2, 0.25) is 5.91 Å². The zero-order chi connectivity index (χ0) is 26.4. The Bertz CT molecular complexity index is 999. The summed E-state index contributed by atoms with van der Waals surface area (Å²) in [6, 6.07) is 6.00. The van der Waals surface area contributed by atoms with Crippen molar-refractivity contribution in [3.05, 3.63) is 35.6 Å². The second-order valence-electron chi connectivity index (χ2n) is 13.3. The lowest BCUT2D eigenvalue weighted by Crippen LogP contribution is -2.58. The van der Waals surface area contributed by atoms with E-state index in [9.17, 15) is 19.4 Å². The van der Waals surface area contributed by atoms with Gasteiger partial charge in [-0.3, -0.25) is 4.79 Å². The molecule has 0 saturated heterocycles. The van der Waals surface area contributed by atoms with E-state index >= 15 is 0 Å². The Hall–Kier alpha value is -1.79. The molecule has 4 saturated carbocycles. The number of nitrogens with one attached hydrogen (secondary N) is 1. The van der Waals surface area contributed by atoms with Gasteiger partial charge in [0.25, 0.3) is 0 Å². The summed E-state index contributed by atoms with van der Waals surface area (Å²) < 4.78 is 13.0. The summed E-state index contributed by atoms with van der Waals surface area (Å²) in [5.74, 6) is 2.55. The number of carbonyl (C=O) groups excluding carboxylic acids is 1. The fourth-order valence-corrected chi connectivity index (χ4v) is 9.52. The lowest BCUT2D eigenvalue weighted by Gasteiger charge is -2.62. The zero-order valence-electron chi connectivity index (χ0n) is 22.7. The van der Waals surface area contributed by atoms with Crippen LogP contribution in [0.1, 0.15) is 90.5 Å². The number of aliphatic hydroxyl groups is 2. The molecule has 0 spiro atoms. The maximum Gasteiger partial charge on any atom is 0.240 e. The average Bonchev–Trinajstić information content (AvgIpc) is 3.22. The van der Waals surface area contributed by atoms with Crippen LogP contribution in [0.5, 0.6) is 0 Å². The van der Waals surface area contributed by atoms with Gasteiger partial charge in [0, 0.05) is 6.42 Å². The molecule has 1 aromatic rings. The number of fused-ring (bicyclic) bond motifs is 5. The molecule has 4 aliphatic rings. The minimum Gasteiger partial charge on any atom is -0.393 e. The summed E-state index contributed by atoms with van der Waals surface area (Å²) in [5.41, 5.74) is 3.83. The van der Waals surface area contributed by atoms with Crippen molar-refractivity contribution < 1.29 is 19.4 Å². The Morgan fingerprint density at radius 3 is 2.54 bits per heavy atom. The molecule has 1 aromatic carbocycles. The maximum absolute atomic E-state index is 13.0. The van der Waals surface area contributed by atoms with Gasteiger partial charge in [0.05, 0.1) is 18.4 Å². The molecule has 0 aromatic heterocycles. The van der Waals surface area contributed by atoms with Crippen LogP contribution in [0.25, 0.3) is 0 Å². The van der Waals surface area contributed by atoms with E-state index < -0.39 is 0 Å². The Morgan fingerprint density at radius 2 is 1.78 bits per heavy atom. The third-order valence-electron chi connectivity index (χ3n) is 11.5. The van der Waals surface area contributed by atoms with E-state index in [2.05, 4.69) is 31.3 Å². The highest BCUT2D eigenvalue weighted by Crippen LogP contribution is 2.68. The predicted molar refractivity (Wildman–Crippen MR) is 143 cm³/mol. The Balaban J connectivity index is 1.19. The number of amides is 1. The molecule has 0 heterocycles. The minimum absolute atomic E-state index is 0.0882. The number of aliphatic hydroxyl groups excluding tert-OH is 2. The van der Waals surface area contributed by atoms with E-state index in [0.29, 0.717) is 41.9 Å². The number of benzene rings is 1. The van der Waals surface area contributed by atoms with Crippen molar-refractivity contribution in [2.45, 2.75) is 97.2 Å². The number of hydrazone groups is 1. The van der Waals surface area contributed by atoms with E-state index in [1.807, 2.05) is 0 Å². The average molecular weight is 513 g/mol. The third-order valence-corrected chi connectivity index (χ3v) is 11.5. The molecule has 10 unspecified atom stereocenters. The van der Waals surface area contributed by atoms with Gasteiger partial charge in [0.15, 0.2) is 0 Å². The first-order valence-electron chi connectivity index (χ1n) is 14.6. The lowest BCUT2D eigenvalue weighted by atomic mass is 9.43. The topological polar surface area (TPSA) is 81.9 Å². The van der Waals surface area contributed by atoms with Gasteiger partial charge in [-0.05, 0) is 122 Å². The monoisotopic (exact) mass is 512 g/mol. The lowest BCUT2D eigenvalue weighted by molar-refractivity contribution is -0.174. The number of halogens is 1. The van der Waals surface area contributed by atoms with Crippen molar-refractivity contribution >= 4 is 12.1 Å². The molecular weight excluding hydrogens is 467 g/mol. The van der Waals surface area contributed by atoms with Crippen LogP contribution in [0.3, 0.4) is 0 Å². The second kappa shape index (κ2) is 10.4. The number of hydrogen-bond donors (Lipinski definition) is 3. The molecule has 10 atom stereocenters. The van der Waals surface area contributed by atoms with Crippen molar-refractivity contribution in [3.63, 3.8) is 0 Å². The van der Waals surface area contributed by atoms with Gasteiger partial charge in [-0.2, -0.15) is 5.10 Å². The van der Waals surface area contributed by atoms with Gasteiger partial charge < -0.3 is 10.2 Å². The van der Waals surface area contributed by atoms with Crippen LogP contribution in [0.2, 0.25) is 0 Å². The number of rotatable bonds is 6. The van der Waals surface area contributed by atoms with Gasteiger partial charge in [-0.1, -0.05) is 32.9 Å². The first-order valence-corrected chi connectivity index (χ1v) is 14.6. The summed E-state index contributed by atoms with van der Waals surface area (Å²) in [5, 5.41) is 25.8. The smallest absolute Gasteiger partial charge is 0.240 e. The quantitative estimate of drug-likeness (QED) is 0.339. The molecule has 3 N–H and O–H groups in total. The molecule has 204 valence electrons. The normalized spacial score (nSPS) is 42.1. The van der Waals surface area contributed by atoms with Crippen molar-refractivity contribution in [1.82, 2.24) is 5.43 Å². The maximum atomic E-state index is 13.0. The molecule has 0 aliphatic heterocycles. The van der Waals surface area contributed by atoms with Crippen LogP contribution in [0.4, 0.5) is 4.39 Å².